The van der Waals surface area contributed by atoms with E-state index in [0.29, 0.717) is 12.3 Å². The van der Waals surface area contributed by atoms with Gasteiger partial charge in [-0.05, 0) is 26.2 Å². The molecule has 0 rings (SSSR count). The summed E-state index contributed by atoms with van der Waals surface area (Å²) in [4.78, 5) is 2.23. The fourth-order valence-corrected chi connectivity index (χ4v) is 1.50. The molecule has 0 spiro atoms. The van der Waals surface area contributed by atoms with Crippen molar-refractivity contribution in [1.82, 2.24) is 4.90 Å². The molecule has 0 aromatic carbocycles. The van der Waals surface area contributed by atoms with Crippen LogP contribution in [0, 0.1) is 0 Å². The van der Waals surface area contributed by atoms with Gasteiger partial charge >= 0.3 is 0 Å². The van der Waals surface area contributed by atoms with E-state index >= 15 is 0 Å². The van der Waals surface area contributed by atoms with E-state index < -0.39 is 0 Å². The molecule has 0 aliphatic rings. The molecule has 0 fully saturated rings. The van der Waals surface area contributed by atoms with Gasteiger partial charge in [0.2, 0.25) is 0 Å². The predicted molar refractivity (Wildman–Crippen MR) is 94.7 cm³/mol. The average molecular weight is 416 g/mol. The van der Waals surface area contributed by atoms with Gasteiger partial charge in [-0.15, -0.1) is 24.8 Å². The summed E-state index contributed by atoms with van der Waals surface area (Å²) >= 11 is 19.0. The van der Waals surface area contributed by atoms with Gasteiger partial charge in [0.05, 0.1) is 0 Å². The standard InChI is InChI=1S/C6H15NS3.C2H7NS.2ClH.Ge/c8-4-1-7(2-5-9)3-6-10;3-1-2-4;;;/h8-10H,1-6H2;4H,1-3H2;2*1H;/p-4. The Bertz CT molecular complexity index is 93.3. The van der Waals surface area contributed by atoms with Crippen molar-refractivity contribution in [2.24, 2.45) is 5.73 Å². The van der Waals surface area contributed by atoms with E-state index in [-0.39, 0.29) is 42.4 Å². The summed E-state index contributed by atoms with van der Waals surface area (Å²) in [5.74, 6) is 3.03. The first-order valence-electron chi connectivity index (χ1n) is 4.51. The Balaban J connectivity index is -0.0000000607. The molecule has 0 saturated carbocycles. The van der Waals surface area contributed by atoms with E-state index in [0.717, 1.165) is 36.9 Å². The van der Waals surface area contributed by atoms with Crippen LogP contribution in [0.1, 0.15) is 0 Å². The molecule has 2 nitrogen and oxygen atoms in total. The van der Waals surface area contributed by atoms with Crippen LogP contribution in [0.15, 0.2) is 0 Å². The zero-order valence-electron chi connectivity index (χ0n) is 9.63. The van der Waals surface area contributed by atoms with Crippen LogP contribution in [0.3, 0.4) is 0 Å². The molecular formula is C8H20Cl2GeN2S4-4. The number of halogens is 2. The molecule has 4 radical (unpaired) electrons. The zero-order valence-corrected chi connectivity index (χ0v) is 16.6. The van der Waals surface area contributed by atoms with Crippen LogP contribution in [-0.2, 0) is 50.5 Å². The van der Waals surface area contributed by atoms with Gasteiger partial charge < -0.3 is 61.1 Å². The molecule has 0 aromatic rings. The van der Waals surface area contributed by atoms with E-state index in [2.05, 4.69) is 17.5 Å². The Kier molecular flexibility index (Phi) is 57.9. The molecule has 0 bridgehead atoms. The summed E-state index contributed by atoms with van der Waals surface area (Å²) in [5, 5.41) is 0. The molecule has 9 heteroatoms. The number of nitrogens with two attached hydrogens (primary N) is 1. The quantitative estimate of drug-likeness (QED) is 0.461. The Morgan fingerprint density at radius 1 is 0.706 bits per heavy atom. The van der Waals surface area contributed by atoms with Crippen LogP contribution in [0.5, 0.6) is 0 Å². The van der Waals surface area contributed by atoms with Crippen molar-refractivity contribution >= 4 is 92.9 Å². The van der Waals surface area contributed by atoms with Crippen molar-refractivity contribution in [3.8, 4) is 0 Å². The fraction of sp³-hybridized carbons (Fsp3) is 1.00. The molecule has 0 saturated heterocycles. The summed E-state index contributed by atoms with van der Waals surface area (Å²) < 4.78 is 0. The zero-order chi connectivity index (χ0) is 11.2. The van der Waals surface area contributed by atoms with Crippen molar-refractivity contribution in [2.75, 3.05) is 49.2 Å². The molecule has 108 valence electrons. The van der Waals surface area contributed by atoms with Gasteiger partial charge in [-0.25, -0.2) is 0 Å². The number of hydrogen-bond acceptors (Lipinski definition) is 6. The first kappa shape index (κ1) is 31.7. The Hall–Kier alpha value is 2.44. The van der Waals surface area contributed by atoms with Crippen molar-refractivity contribution in [3.05, 3.63) is 0 Å². The minimum absolute atomic E-state index is 0. The molecule has 0 unspecified atom stereocenters. The van der Waals surface area contributed by atoms with Crippen molar-refractivity contribution in [2.45, 2.75) is 0 Å². The smallest absolute Gasteiger partial charge is 0 e. The third-order valence-electron chi connectivity index (χ3n) is 1.34. The molecule has 0 aliphatic carbocycles. The predicted octanol–water partition coefficient (Wildman–Crippen LogP) is -0.116. The van der Waals surface area contributed by atoms with Crippen LogP contribution >= 0.6 is 24.8 Å². The number of hydrogen-bond donors (Lipinski definition) is 1. The normalized spacial score (nSPS) is 8.12. The van der Waals surface area contributed by atoms with E-state index in [1.807, 2.05) is 0 Å². The van der Waals surface area contributed by atoms with Crippen molar-refractivity contribution in [3.63, 3.8) is 0 Å². The first-order chi connectivity index (χ1) is 6.76. The van der Waals surface area contributed by atoms with Gasteiger partial charge in [-0.3, -0.25) is 0 Å². The van der Waals surface area contributed by atoms with Gasteiger partial charge in [-0.2, -0.15) is 23.0 Å². The van der Waals surface area contributed by atoms with Crippen LogP contribution in [0.25, 0.3) is 0 Å². The van der Waals surface area contributed by atoms with Gasteiger partial charge in [0, 0.05) is 17.6 Å². The minimum Gasteiger partial charge on any atom is -0.791 e. The second-order valence-electron chi connectivity index (χ2n) is 2.45. The van der Waals surface area contributed by atoms with Gasteiger partial charge in [0.1, 0.15) is 0 Å². The third kappa shape index (κ3) is 32.2. The Morgan fingerprint density at radius 2 is 0.941 bits per heavy atom. The van der Waals surface area contributed by atoms with Crippen LogP contribution in [0.4, 0.5) is 0 Å². The van der Waals surface area contributed by atoms with E-state index in [4.69, 9.17) is 43.6 Å². The molecule has 0 atom stereocenters. The molecule has 0 heterocycles. The summed E-state index contributed by atoms with van der Waals surface area (Å²) in [6.07, 6.45) is 0. The Morgan fingerprint density at radius 3 is 1.06 bits per heavy atom. The van der Waals surface area contributed by atoms with Crippen molar-refractivity contribution in [1.29, 1.82) is 0 Å². The monoisotopic (exact) mass is 416 g/mol. The van der Waals surface area contributed by atoms with Crippen LogP contribution in [-0.4, -0.2) is 71.7 Å². The fourth-order valence-electron chi connectivity index (χ4n) is 0.723. The molecular weight excluding hydrogens is 396 g/mol. The number of rotatable bonds is 7. The largest absolute Gasteiger partial charge is 0.791 e. The molecule has 0 amide bonds. The first-order valence-corrected chi connectivity index (χ1v) is 6.82. The number of nitrogens with zero attached hydrogens (tertiary/aromatic N) is 1. The second kappa shape index (κ2) is 31.1. The average Bonchev–Trinajstić information content (AvgIpc) is 2.20. The van der Waals surface area contributed by atoms with Crippen LogP contribution in [0.2, 0.25) is 0 Å². The van der Waals surface area contributed by atoms with Gasteiger partial charge in [0.15, 0.2) is 0 Å². The third-order valence-corrected chi connectivity index (χ3v) is 2.12. The van der Waals surface area contributed by atoms with E-state index in [9.17, 15) is 0 Å². The van der Waals surface area contributed by atoms with E-state index in [1.54, 1.807) is 0 Å². The molecule has 0 aromatic heterocycles. The SMILES string of the molecule is Cl.Cl.NCC[S-].[Ge].[S-]CCN(CC[S-])CC[S-]. The summed E-state index contributed by atoms with van der Waals surface area (Å²) in [7, 11) is 0. The molecule has 2 N–H and O–H groups in total. The maximum Gasteiger partial charge on any atom is 0 e. The maximum atomic E-state index is 4.92. The van der Waals surface area contributed by atoms with Gasteiger partial charge in [-0.1, -0.05) is 0 Å². The van der Waals surface area contributed by atoms with Crippen molar-refractivity contribution < 1.29 is 0 Å². The molecule has 0 aliphatic heterocycles. The second-order valence-corrected chi connectivity index (χ2v) is 4.08. The topological polar surface area (TPSA) is 29.3 Å². The minimum atomic E-state index is 0. The molecule has 17 heavy (non-hydrogen) atoms. The summed E-state index contributed by atoms with van der Waals surface area (Å²) in [5.41, 5.74) is 4.92. The summed E-state index contributed by atoms with van der Waals surface area (Å²) in [6.45, 7) is 3.52. The Labute approximate surface area is 151 Å². The van der Waals surface area contributed by atoms with Gasteiger partial charge in [0.25, 0.3) is 0 Å². The maximum absolute atomic E-state index is 4.92. The summed E-state index contributed by atoms with van der Waals surface area (Å²) in [6, 6.07) is 0. The van der Waals surface area contributed by atoms with Crippen LogP contribution < -0.4 is 5.73 Å². The van der Waals surface area contributed by atoms with E-state index in [1.165, 1.54) is 0 Å².